The topological polar surface area (TPSA) is 151 Å². The highest BCUT2D eigenvalue weighted by molar-refractivity contribution is 8.13. The standard InChI is InChI=1S/C18H14Cl2N2O3S2.C11H8Cl2N2O.C7H7ClO2S2/c1-26-15-3-5-16(6-4-15)27(23,24)22-13-2-7-18(17(20)9-13)25-14-8-12(19)10-21-11-14;12-7-3-9(6-15-5-7)16-11-2-1-8(14)4-10(11)13;1-11-6-2-4-7(5-3-6)12(8,9)10/h2-11,22H,1H3;1-6H,14H2;2-5H,1H3. The highest BCUT2D eigenvalue weighted by Gasteiger charge is 2.16. The largest absolute Gasteiger partial charge is 0.454 e. The lowest BCUT2D eigenvalue weighted by atomic mass is 10.3. The van der Waals surface area contributed by atoms with Gasteiger partial charge in [-0.1, -0.05) is 46.4 Å². The SMILES string of the molecule is CSc1ccc(S(=O)(=O)Cl)cc1.CSc1ccc(S(=O)(=O)Nc2ccc(Oc3cncc(Cl)c3)c(Cl)c2)cc1.Nc1ccc(Oc2cncc(Cl)c2)c(Cl)c1. The summed E-state index contributed by atoms with van der Waals surface area (Å²) in [6.45, 7) is 0. The Bertz CT molecular complexity index is 2450. The molecule has 19 heteroatoms. The fraction of sp³-hybridized carbons (Fsp3) is 0.0556. The minimum Gasteiger partial charge on any atom is -0.454 e. The van der Waals surface area contributed by atoms with Gasteiger partial charge in [-0.15, -0.1) is 23.5 Å². The van der Waals surface area contributed by atoms with Crippen molar-refractivity contribution in [1.82, 2.24) is 9.97 Å². The van der Waals surface area contributed by atoms with Crippen LogP contribution in [0.1, 0.15) is 0 Å². The van der Waals surface area contributed by atoms with Crippen LogP contribution in [-0.4, -0.2) is 39.3 Å². The predicted octanol–water partition coefficient (Wildman–Crippen LogP) is 11.8. The third kappa shape index (κ3) is 14.1. The molecule has 6 aromatic rings. The molecule has 0 bridgehead atoms. The van der Waals surface area contributed by atoms with E-state index in [0.717, 1.165) is 9.79 Å². The molecule has 0 spiro atoms. The molecular weight excluding hydrogens is 890 g/mol. The van der Waals surface area contributed by atoms with Gasteiger partial charge in [0.1, 0.15) is 23.0 Å². The molecule has 288 valence electrons. The van der Waals surface area contributed by atoms with Gasteiger partial charge < -0.3 is 15.2 Å². The maximum Gasteiger partial charge on any atom is 0.261 e. The van der Waals surface area contributed by atoms with Crippen molar-refractivity contribution < 1.29 is 26.3 Å². The van der Waals surface area contributed by atoms with Gasteiger partial charge in [0.15, 0.2) is 0 Å². The van der Waals surface area contributed by atoms with Gasteiger partial charge in [0, 0.05) is 50.7 Å². The van der Waals surface area contributed by atoms with Crippen molar-refractivity contribution in [3.8, 4) is 23.0 Å². The monoisotopic (exact) mass is 916 g/mol. The number of nitrogens with two attached hydrogens (primary N) is 1. The number of anilines is 2. The Morgan fingerprint density at radius 3 is 1.47 bits per heavy atom. The Labute approximate surface area is 352 Å². The maximum atomic E-state index is 12.5. The summed E-state index contributed by atoms with van der Waals surface area (Å²) < 4.78 is 60.2. The molecule has 0 amide bonds. The lowest BCUT2D eigenvalue weighted by molar-refractivity contribution is 0.480. The van der Waals surface area contributed by atoms with Crippen LogP contribution in [0.5, 0.6) is 23.0 Å². The number of halogens is 5. The number of hydrogen-bond acceptors (Lipinski definition) is 11. The molecule has 55 heavy (non-hydrogen) atoms. The van der Waals surface area contributed by atoms with Crippen LogP contribution in [0.2, 0.25) is 20.1 Å². The van der Waals surface area contributed by atoms with Crippen molar-refractivity contribution in [3.63, 3.8) is 0 Å². The fourth-order valence-electron chi connectivity index (χ4n) is 4.10. The molecule has 2 heterocycles. The molecule has 4 aromatic carbocycles. The number of nitrogens with zero attached hydrogens (tertiary/aromatic N) is 2. The average molecular weight is 919 g/mol. The van der Waals surface area contributed by atoms with Crippen LogP contribution in [0, 0.1) is 0 Å². The number of thioether (sulfide) groups is 2. The van der Waals surface area contributed by atoms with Crippen molar-refractivity contribution >= 4 is 111 Å². The van der Waals surface area contributed by atoms with E-state index in [2.05, 4.69) is 14.7 Å². The van der Waals surface area contributed by atoms with Gasteiger partial charge in [0.05, 0.1) is 48.0 Å². The number of rotatable bonds is 10. The molecular formula is C36H29Cl5N4O6S4. The zero-order valence-corrected chi connectivity index (χ0v) is 35.5. The van der Waals surface area contributed by atoms with Crippen LogP contribution in [0.15, 0.2) is 141 Å². The number of hydrogen-bond donors (Lipinski definition) is 2. The van der Waals surface area contributed by atoms with Crippen molar-refractivity contribution in [2.45, 2.75) is 19.6 Å². The molecule has 0 saturated heterocycles. The summed E-state index contributed by atoms with van der Waals surface area (Å²) in [5.74, 6) is 1.82. The number of nitrogen functional groups attached to an aromatic ring is 1. The number of ether oxygens (including phenoxy) is 2. The molecule has 0 unspecified atom stereocenters. The van der Waals surface area contributed by atoms with E-state index in [0.29, 0.717) is 49.4 Å². The minimum absolute atomic E-state index is 0.141. The second kappa shape index (κ2) is 20.6. The molecule has 0 aliphatic carbocycles. The Balaban J connectivity index is 0.000000203. The summed E-state index contributed by atoms with van der Waals surface area (Å²) in [4.78, 5) is 10.1. The third-order valence-electron chi connectivity index (χ3n) is 6.67. The van der Waals surface area contributed by atoms with Crippen LogP contribution in [0.3, 0.4) is 0 Å². The first-order valence-corrected chi connectivity index (χ1v) is 23.0. The summed E-state index contributed by atoms with van der Waals surface area (Å²) in [7, 11) is -2.16. The van der Waals surface area contributed by atoms with Crippen LogP contribution < -0.4 is 19.9 Å². The lowest BCUT2D eigenvalue weighted by Gasteiger charge is -2.11. The van der Waals surface area contributed by atoms with E-state index in [9.17, 15) is 16.8 Å². The van der Waals surface area contributed by atoms with E-state index in [1.54, 1.807) is 96.8 Å². The minimum atomic E-state index is -3.72. The Morgan fingerprint density at radius 1 is 0.600 bits per heavy atom. The Hall–Kier alpha value is -3.57. The zero-order chi connectivity index (χ0) is 40.2. The fourth-order valence-corrected chi connectivity index (χ4v) is 7.51. The Kier molecular flexibility index (Phi) is 16.5. The van der Waals surface area contributed by atoms with Crippen molar-refractivity contribution in [3.05, 3.63) is 142 Å². The second-order valence-electron chi connectivity index (χ2n) is 10.6. The molecule has 3 N–H and O–H groups in total. The van der Waals surface area contributed by atoms with Crippen molar-refractivity contribution in [1.29, 1.82) is 0 Å². The summed E-state index contributed by atoms with van der Waals surface area (Å²) in [6.07, 6.45) is 9.91. The third-order valence-corrected chi connectivity index (χ3v) is 11.9. The number of nitrogens with one attached hydrogen (secondary N) is 1. The summed E-state index contributed by atoms with van der Waals surface area (Å²) in [5.41, 5.74) is 6.48. The van der Waals surface area contributed by atoms with Gasteiger partial charge in [-0.2, -0.15) is 0 Å². The first-order valence-electron chi connectivity index (χ1n) is 15.2. The van der Waals surface area contributed by atoms with E-state index in [1.165, 1.54) is 48.6 Å². The van der Waals surface area contributed by atoms with E-state index in [-0.39, 0.29) is 14.8 Å². The number of sulfonamides is 1. The Morgan fingerprint density at radius 2 is 1.05 bits per heavy atom. The molecule has 0 atom stereocenters. The quantitative estimate of drug-likeness (QED) is 0.0767. The lowest BCUT2D eigenvalue weighted by Crippen LogP contribution is -2.12. The van der Waals surface area contributed by atoms with Crippen molar-refractivity contribution in [2.75, 3.05) is 23.0 Å². The average Bonchev–Trinajstić information content (AvgIpc) is 3.14. The second-order valence-corrected chi connectivity index (χ2v) is 18.3. The highest BCUT2D eigenvalue weighted by Crippen LogP contribution is 2.34. The molecule has 0 radical (unpaired) electrons. The molecule has 0 saturated carbocycles. The molecule has 6 rings (SSSR count). The summed E-state index contributed by atoms with van der Waals surface area (Å²) in [5, 5.41) is 1.62. The van der Waals surface area contributed by atoms with Gasteiger partial charge in [-0.25, -0.2) is 16.8 Å². The smallest absolute Gasteiger partial charge is 0.261 e. The number of aromatic nitrogens is 2. The molecule has 0 aliphatic rings. The van der Waals surface area contributed by atoms with E-state index in [4.69, 9.17) is 72.3 Å². The molecule has 0 fully saturated rings. The molecule has 2 aromatic heterocycles. The maximum absolute atomic E-state index is 12.5. The van der Waals surface area contributed by atoms with Gasteiger partial charge in [0.25, 0.3) is 19.1 Å². The van der Waals surface area contributed by atoms with E-state index >= 15 is 0 Å². The van der Waals surface area contributed by atoms with Crippen LogP contribution in [-0.2, 0) is 19.1 Å². The first kappa shape index (κ1) is 44.1. The highest BCUT2D eigenvalue weighted by atomic mass is 35.7. The van der Waals surface area contributed by atoms with Gasteiger partial charge in [-0.3, -0.25) is 14.7 Å². The number of benzene rings is 4. The summed E-state index contributed by atoms with van der Waals surface area (Å²) >= 11 is 26.9. The molecule has 10 nitrogen and oxygen atoms in total. The van der Waals surface area contributed by atoms with Crippen LogP contribution >= 0.6 is 80.6 Å². The normalized spacial score (nSPS) is 11.0. The summed E-state index contributed by atoms with van der Waals surface area (Å²) in [6, 6.07) is 25.9. The van der Waals surface area contributed by atoms with Gasteiger partial charge >= 0.3 is 0 Å². The first-order chi connectivity index (χ1) is 26.1. The zero-order valence-electron chi connectivity index (χ0n) is 28.5. The van der Waals surface area contributed by atoms with Crippen molar-refractivity contribution in [2.24, 2.45) is 0 Å². The van der Waals surface area contributed by atoms with Gasteiger partial charge in [0.2, 0.25) is 0 Å². The van der Waals surface area contributed by atoms with Gasteiger partial charge in [-0.05, 0) is 97.4 Å². The van der Waals surface area contributed by atoms with E-state index < -0.39 is 19.1 Å². The van der Waals surface area contributed by atoms with Crippen LogP contribution in [0.4, 0.5) is 11.4 Å². The predicted molar refractivity (Wildman–Crippen MR) is 226 cm³/mol. The molecule has 0 aliphatic heterocycles. The van der Waals surface area contributed by atoms with Crippen LogP contribution in [0.25, 0.3) is 0 Å². The number of pyridine rings is 2. The van der Waals surface area contributed by atoms with E-state index in [1.807, 2.05) is 12.5 Å².